The van der Waals surface area contributed by atoms with E-state index in [0.717, 1.165) is 16.9 Å². The van der Waals surface area contributed by atoms with Crippen LogP contribution in [-0.2, 0) is 16.8 Å². The van der Waals surface area contributed by atoms with Crippen molar-refractivity contribution in [2.45, 2.75) is 32.2 Å². The van der Waals surface area contributed by atoms with Crippen molar-refractivity contribution in [1.29, 1.82) is 0 Å². The van der Waals surface area contributed by atoms with Crippen molar-refractivity contribution in [2.75, 3.05) is 13.0 Å². The van der Waals surface area contributed by atoms with Gasteiger partial charge in [0.25, 0.3) is 0 Å². The monoisotopic (exact) mass is 309 g/mol. The number of aromatic nitrogens is 2. The molecule has 0 saturated carbocycles. The second-order valence-electron chi connectivity index (χ2n) is 5.59. The molecule has 21 heavy (non-hydrogen) atoms. The molecule has 0 atom stereocenters. The predicted octanol–water partition coefficient (Wildman–Crippen LogP) is 2.44. The number of carbonyl (C=O) groups excluding carboxylic acids is 1. The minimum atomic E-state index is -0.478. The Labute approximate surface area is 129 Å². The molecule has 0 unspecified atom stereocenters. The Morgan fingerprint density at radius 3 is 2.76 bits per heavy atom. The van der Waals surface area contributed by atoms with Crippen LogP contribution in [0.5, 0.6) is 5.75 Å². The van der Waals surface area contributed by atoms with Crippen molar-refractivity contribution >= 4 is 28.5 Å². The van der Waals surface area contributed by atoms with Gasteiger partial charge in [0.05, 0.1) is 12.6 Å². The average molecular weight is 310 g/mol. The zero-order valence-corrected chi connectivity index (χ0v) is 13.3. The Morgan fingerprint density at radius 1 is 1.48 bits per heavy atom. The molecule has 0 aliphatic heterocycles. The lowest BCUT2D eigenvalue weighted by molar-refractivity contribution is -0.119. The summed E-state index contributed by atoms with van der Waals surface area (Å²) in [6.07, 6.45) is 0.840. The van der Waals surface area contributed by atoms with Crippen molar-refractivity contribution in [2.24, 2.45) is 5.73 Å². The summed E-state index contributed by atoms with van der Waals surface area (Å²) in [6.45, 7) is 3.94. The smallest absolute Gasteiger partial charge is 0.219 e. The maximum Gasteiger partial charge on any atom is 0.219 e. The van der Waals surface area contributed by atoms with Crippen molar-refractivity contribution in [3.8, 4) is 5.75 Å². The molecule has 2 rings (SSSR count). The van der Waals surface area contributed by atoms with E-state index >= 15 is 0 Å². The maximum absolute atomic E-state index is 11.4. The number of hydrogen-bond acceptors (Lipinski definition) is 3. The van der Waals surface area contributed by atoms with Crippen LogP contribution < -0.4 is 10.5 Å². The lowest BCUT2D eigenvalue weighted by Crippen LogP contribution is -2.33. The minimum Gasteiger partial charge on any atom is -0.494 e. The van der Waals surface area contributed by atoms with Crippen LogP contribution in [0, 0.1) is 0 Å². The number of nitrogens with two attached hydrogens (primary N) is 1. The number of aryl methyl sites for hydroxylation is 1. The SMILES string of the molecule is COc1cccc2c1nc(CCCl)n2C(C)(C)CC(N)=O. The number of benzene rings is 1. The Morgan fingerprint density at radius 2 is 2.19 bits per heavy atom. The number of hydrogen-bond donors (Lipinski definition) is 1. The van der Waals surface area contributed by atoms with Gasteiger partial charge in [-0.15, -0.1) is 11.6 Å². The summed E-state index contributed by atoms with van der Waals surface area (Å²) in [7, 11) is 1.61. The van der Waals surface area contributed by atoms with Crippen molar-refractivity contribution in [3.05, 3.63) is 24.0 Å². The topological polar surface area (TPSA) is 70.1 Å². The molecule has 1 aromatic heterocycles. The number of imidazole rings is 1. The van der Waals surface area contributed by atoms with Gasteiger partial charge in [-0.25, -0.2) is 4.98 Å². The molecule has 0 bridgehead atoms. The van der Waals surface area contributed by atoms with E-state index in [1.807, 2.05) is 36.6 Å². The van der Waals surface area contributed by atoms with Crippen LogP contribution in [0.1, 0.15) is 26.1 Å². The van der Waals surface area contributed by atoms with E-state index in [0.29, 0.717) is 18.1 Å². The molecule has 0 saturated heterocycles. The lowest BCUT2D eigenvalue weighted by Gasteiger charge is -2.28. The van der Waals surface area contributed by atoms with Crippen LogP contribution >= 0.6 is 11.6 Å². The number of methoxy groups -OCH3 is 1. The maximum atomic E-state index is 11.4. The molecular weight excluding hydrogens is 290 g/mol. The fourth-order valence-electron chi connectivity index (χ4n) is 2.72. The molecule has 1 heterocycles. The van der Waals surface area contributed by atoms with E-state index in [2.05, 4.69) is 4.98 Å². The van der Waals surface area contributed by atoms with E-state index in [1.54, 1.807) is 7.11 Å². The van der Waals surface area contributed by atoms with Gasteiger partial charge in [0.2, 0.25) is 5.91 Å². The molecule has 0 spiro atoms. The average Bonchev–Trinajstić information content (AvgIpc) is 2.76. The van der Waals surface area contributed by atoms with Gasteiger partial charge in [-0.3, -0.25) is 4.79 Å². The molecule has 1 aromatic carbocycles. The Balaban J connectivity index is 2.69. The fourth-order valence-corrected chi connectivity index (χ4v) is 2.89. The molecule has 0 fully saturated rings. The first-order valence-electron chi connectivity index (χ1n) is 6.80. The molecule has 2 N–H and O–H groups in total. The molecule has 0 radical (unpaired) electrons. The van der Waals surface area contributed by atoms with Gasteiger partial charge in [0.15, 0.2) is 0 Å². The number of amides is 1. The van der Waals surface area contributed by atoms with Gasteiger partial charge in [0.1, 0.15) is 17.1 Å². The molecular formula is C15H20ClN3O2. The van der Waals surface area contributed by atoms with Crippen LogP contribution in [0.2, 0.25) is 0 Å². The second kappa shape index (κ2) is 5.93. The summed E-state index contributed by atoms with van der Waals surface area (Å²) >= 11 is 5.89. The largest absolute Gasteiger partial charge is 0.494 e. The number of halogens is 1. The summed E-state index contributed by atoms with van der Waals surface area (Å²) in [4.78, 5) is 16.0. The third kappa shape index (κ3) is 2.97. The van der Waals surface area contributed by atoms with Gasteiger partial charge in [-0.2, -0.15) is 0 Å². The second-order valence-corrected chi connectivity index (χ2v) is 5.96. The van der Waals surface area contributed by atoms with Gasteiger partial charge in [-0.1, -0.05) is 6.07 Å². The minimum absolute atomic E-state index is 0.227. The molecule has 114 valence electrons. The Hall–Kier alpha value is -1.75. The fraction of sp³-hybridized carbons (Fsp3) is 0.467. The summed E-state index contributed by atoms with van der Waals surface area (Å²) in [6, 6.07) is 5.74. The van der Waals surface area contributed by atoms with E-state index in [-0.39, 0.29) is 12.3 Å². The number of para-hydroxylation sites is 1. The van der Waals surface area contributed by atoms with Crippen LogP contribution in [0.4, 0.5) is 0 Å². The van der Waals surface area contributed by atoms with Gasteiger partial charge in [0, 0.05) is 24.3 Å². The van der Waals surface area contributed by atoms with Crippen LogP contribution in [0.15, 0.2) is 18.2 Å². The Kier molecular flexibility index (Phi) is 4.42. The Bertz CT molecular complexity index is 664. The first-order chi connectivity index (χ1) is 9.90. The van der Waals surface area contributed by atoms with E-state index in [9.17, 15) is 4.79 Å². The number of ether oxygens (including phenoxy) is 1. The van der Waals surface area contributed by atoms with E-state index in [1.165, 1.54) is 0 Å². The number of nitrogens with zero attached hydrogens (tertiary/aromatic N) is 2. The summed E-state index contributed by atoms with van der Waals surface area (Å²) in [5, 5.41) is 0. The summed E-state index contributed by atoms with van der Waals surface area (Å²) in [5.74, 6) is 1.65. The highest BCUT2D eigenvalue weighted by Crippen LogP contribution is 2.32. The number of rotatable bonds is 6. The molecule has 1 amide bonds. The van der Waals surface area contributed by atoms with Crippen molar-refractivity contribution in [1.82, 2.24) is 9.55 Å². The standard InChI is InChI=1S/C15H20ClN3O2/c1-15(2,9-12(17)20)19-10-5-4-6-11(21-3)14(10)18-13(19)7-8-16/h4-6H,7-9H2,1-3H3,(H2,17,20). The van der Waals surface area contributed by atoms with E-state index < -0.39 is 5.54 Å². The van der Waals surface area contributed by atoms with Crippen molar-refractivity contribution in [3.63, 3.8) is 0 Å². The van der Waals surface area contributed by atoms with Crippen LogP contribution in [0.25, 0.3) is 11.0 Å². The highest BCUT2D eigenvalue weighted by atomic mass is 35.5. The third-order valence-electron chi connectivity index (χ3n) is 3.47. The zero-order chi connectivity index (χ0) is 15.6. The number of primary amides is 1. The van der Waals surface area contributed by atoms with Crippen LogP contribution in [-0.4, -0.2) is 28.4 Å². The molecule has 6 heteroatoms. The first-order valence-corrected chi connectivity index (χ1v) is 7.33. The number of carbonyl (C=O) groups is 1. The first kappa shape index (κ1) is 15.6. The molecule has 5 nitrogen and oxygen atoms in total. The summed E-state index contributed by atoms with van der Waals surface area (Å²) < 4.78 is 7.41. The molecule has 0 aliphatic carbocycles. The number of fused-ring (bicyclic) bond motifs is 1. The lowest BCUT2D eigenvalue weighted by atomic mass is 9.99. The van der Waals surface area contributed by atoms with Crippen molar-refractivity contribution < 1.29 is 9.53 Å². The van der Waals surface area contributed by atoms with Crippen LogP contribution in [0.3, 0.4) is 0 Å². The van der Waals surface area contributed by atoms with Gasteiger partial charge in [-0.05, 0) is 26.0 Å². The third-order valence-corrected chi connectivity index (χ3v) is 3.66. The number of alkyl halides is 1. The van der Waals surface area contributed by atoms with E-state index in [4.69, 9.17) is 22.1 Å². The quantitative estimate of drug-likeness (QED) is 0.833. The molecule has 2 aromatic rings. The molecule has 0 aliphatic rings. The highest BCUT2D eigenvalue weighted by Gasteiger charge is 2.28. The predicted molar refractivity (Wildman–Crippen MR) is 83.8 cm³/mol. The summed E-state index contributed by atoms with van der Waals surface area (Å²) in [5.41, 5.74) is 6.60. The zero-order valence-electron chi connectivity index (χ0n) is 12.5. The normalized spacial score (nSPS) is 11.8. The highest BCUT2D eigenvalue weighted by molar-refractivity contribution is 6.17. The van der Waals surface area contributed by atoms with Gasteiger partial charge < -0.3 is 15.0 Å². The van der Waals surface area contributed by atoms with Gasteiger partial charge >= 0.3 is 0 Å².